The van der Waals surface area contributed by atoms with Crippen LogP contribution in [-0.2, 0) is 20.9 Å². The molecule has 2 fully saturated rings. The van der Waals surface area contributed by atoms with E-state index in [0.29, 0.717) is 25.9 Å². The number of nitrogens with one attached hydrogen (secondary N) is 1. The Morgan fingerprint density at radius 1 is 1.26 bits per heavy atom. The van der Waals surface area contributed by atoms with Crippen LogP contribution in [0.2, 0.25) is 0 Å². The molecule has 6 heteroatoms. The number of hydrogen-bond acceptors (Lipinski definition) is 4. The van der Waals surface area contributed by atoms with Crippen LogP contribution in [0.4, 0.5) is 4.79 Å². The van der Waals surface area contributed by atoms with Crippen LogP contribution in [-0.4, -0.2) is 35.4 Å². The van der Waals surface area contributed by atoms with E-state index < -0.39 is 12.1 Å². The summed E-state index contributed by atoms with van der Waals surface area (Å²) in [6.45, 7) is 0.776. The molecular weight excluding hydrogens is 298 g/mol. The molecule has 1 unspecified atom stereocenters. The average molecular weight is 319 g/mol. The maximum absolute atomic E-state index is 11.9. The Bertz CT molecular complexity index is 568. The summed E-state index contributed by atoms with van der Waals surface area (Å²) in [6, 6.07) is 9.48. The van der Waals surface area contributed by atoms with E-state index in [1.54, 1.807) is 0 Å². The van der Waals surface area contributed by atoms with Crippen LogP contribution in [0.5, 0.6) is 0 Å². The molecule has 6 nitrogen and oxygen atoms in total. The van der Waals surface area contributed by atoms with Crippen molar-refractivity contribution in [2.24, 2.45) is 5.92 Å². The molecule has 3 rings (SSSR count). The van der Waals surface area contributed by atoms with Gasteiger partial charge in [-0.15, -0.1) is 0 Å². The van der Waals surface area contributed by atoms with Crippen molar-refractivity contribution in [2.45, 2.75) is 43.9 Å². The lowest BCUT2D eigenvalue weighted by Gasteiger charge is -2.50. The molecule has 0 bridgehead atoms. The second-order valence-electron chi connectivity index (χ2n) is 6.37. The third kappa shape index (κ3) is 3.82. The molecule has 1 saturated heterocycles. The first-order chi connectivity index (χ1) is 11.1. The van der Waals surface area contributed by atoms with Crippen molar-refractivity contribution < 1.29 is 24.2 Å². The normalized spacial score (nSPS) is 29.6. The third-order valence-corrected chi connectivity index (χ3v) is 4.61. The van der Waals surface area contributed by atoms with Gasteiger partial charge >= 0.3 is 12.1 Å². The fraction of sp³-hybridized carbons (Fsp3) is 0.529. The summed E-state index contributed by atoms with van der Waals surface area (Å²) >= 11 is 0. The van der Waals surface area contributed by atoms with Crippen LogP contribution < -0.4 is 5.32 Å². The first-order valence-corrected chi connectivity index (χ1v) is 7.90. The number of carboxylic acids is 1. The molecule has 1 aliphatic heterocycles. The molecule has 1 atom stereocenters. The van der Waals surface area contributed by atoms with Crippen LogP contribution in [0.1, 0.15) is 31.2 Å². The van der Waals surface area contributed by atoms with Crippen LogP contribution >= 0.6 is 0 Å². The average Bonchev–Trinajstić information content (AvgIpc) is 2.51. The minimum atomic E-state index is -0.767. The maximum Gasteiger partial charge on any atom is 0.407 e. The number of hydrogen-bond donors (Lipinski definition) is 2. The van der Waals surface area contributed by atoms with E-state index in [2.05, 4.69) is 5.32 Å². The van der Waals surface area contributed by atoms with E-state index >= 15 is 0 Å². The number of carboxylic acid groups (broad SMARTS) is 1. The topological polar surface area (TPSA) is 84.9 Å². The summed E-state index contributed by atoms with van der Waals surface area (Å²) in [6.07, 6.45) is 1.99. The summed E-state index contributed by atoms with van der Waals surface area (Å²) in [4.78, 5) is 22.8. The highest BCUT2D eigenvalue weighted by Gasteiger charge is 2.51. The molecule has 1 spiro atoms. The zero-order chi connectivity index (χ0) is 16.3. The van der Waals surface area contributed by atoms with Gasteiger partial charge in [0.1, 0.15) is 6.61 Å². The van der Waals surface area contributed by atoms with Crippen LogP contribution in [0.25, 0.3) is 0 Å². The number of carbonyl (C=O) groups is 2. The van der Waals surface area contributed by atoms with E-state index in [9.17, 15) is 9.59 Å². The molecule has 0 radical (unpaired) electrons. The third-order valence-electron chi connectivity index (χ3n) is 4.61. The zero-order valence-electron chi connectivity index (χ0n) is 12.9. The minimum absolute atomic E-state index is 0.0261. The lowest BCUT2D eigenvalue weighted by molar-refractivity contribution is -0.181. The summed E-state index contributed by atoms with van der Waals surface area (Å²) in [5, 5.41) is 11.9. The molecule has 2 aliphatic rings. The van der Waals surface area contributed by atoms with Gasteiger partial charge in [0.05, 0.1) is 11.5 Å². The van der Waals surface area contributed by atoms with E-state index in [1.807, 2.05) is 30.3 Å². The predicted octanol–water partition coefficient (Wildman–Crippen LogP) is 2.33. The molecule has 1 aliphatic carbocycles. The zero-order valence-corrected chi connectivity index (χ0v) is 12.9. The number of aliphatic carboxylic acids is 1. The number of rotatable bonds is 4. The number of amides is 1. The fourth-order valence-electron chi connectivity index (χ4n) is 3.38. The Morgan fingerprint density at radius 3 is 2.70 bits per heavy atom. The van der Waals surface area contributed by atoms with Gasteiger partial charge in [0.15, 0.2) is 0 Å². The molecular formula is C17H21NO5. The van der Waals surface area contributed by atoms with Gasteiger partial charge in [0.25, 0.3) is 0 Å². The first-order valence-electron chi connectivity index (χ1n) is 7.90. The van der Waals surface area contributed by atoms with Gasteiger partial charge in [0.2, 0.25) is 0 Å². The monoisotopic (exact) mass is 319 g/mol. The van der Waals surface area contributed by atoms with E-state index in [4.69, 9.17) is 14.6 Å². The van der Waals surface area contributed by atoms with Gasteiger partial charge in [-0.05, 0) is 31.2 Å². The first kappa shape index (κ1) is 15.8. The summed E-state index contributed by atoms with van der Waals surface area (Å²) < 4.78 is 11.0. The highest BCUT2D eigenvalue weighted by Crippen LogP contribution is 2.46. The van der Waals surface area contributed by atoms with Crippen LogP contribution in [0.3, 0.4) is 0 Å². The molecule has 0 aromatic heterocycles. The van der Waals surface area contributed by atoms with Gasteiger partial charge < -0.3 is 19.9 Å². The van der Waals surface area contributed by atoms with E-state index in [1.165, 1.54) is 0 Å². The predicted molar refractivity (Wildman–Crippen MR) is 81.8 cm³/mol. The summed E-state index contributed by atoms with van der Waals surface area (Å²) in [5.41, 5.74) is 0.563. The van der Waals surface area contributed by atoms with Crippen LogP contribution in [0.15, 0.2) is 30.3 Å². The van der Waals surface area contributed by atoms with Gasteiger partial charge in [-0.1, -0.05) is 30.3 Å². The van der Waals surface area contributed by atoms with Gasteiger partial charge in [-0.3, -0.25) is 4.79 Å². The fourth-order valence-corrected chi connectivity index (χ4v) is 3.38. The highest BCUT2D eigenvalue weighted by atomic mass is 16.5. The second-order valence-corrected chi connectivity index (χ2v) is 6.37. The highest BCUT2D eigenvalue weighted by molar-refractivity contribution is 5.71. The Hall–Kier alpha value is -2.08. The largest absolute Gasteiger partial charge is 0.481 e. The lowest BCUT2D eigenvalue weighted by atomic mass is 9.66. The molecule has 2 N–H and O–H groups in total. The van der Waals surface area contributed by atoms with Gasteiger partial charge in [-0.2, -0.15) is 0 Å². The second kappa shape index (κ2) is 6.58. The van der Waals surface area contributed by atoms with Crippen molar-refractivity contribution in [1.29, 1.82) is 0 Å². The minimum Gasteiger partial charge on any atom is -0.481 e. The molecule has 1 aromatic rings. The van der Waals surface area contributed by atoms with Crippen molar-refractivity contribution in [1.82, 2.24) is 5.32 Å². The molecule has 1 amide bonds. The number of ether oxygens (including phenoxy) is 2. The lowest BCUT2D eigenvalue weighted by Crippen LogP contribution is -2.56. The van der Waals surface area contributed by atoms with E-state index in [-0.39, 0.29) is 24.2 Å². The number of alkyl carbamates (subject to hydrolysis) is 1. The summed E-state index contributed by atoms with van der Waals surface area (Å²) in [7, 11) is 0. The SMILES string of the molecule is O=C(NC1CCOC2(C1)CC(C(=O)O)C2)OCc1ccccc1. The number of carbonyl (C=O) groups excluding carboxylic acids is 1. The Balaban J connectivity index is 1.45. The van der Waals surface area contributed by atoms with Crippen molar-refractivity contribution in [3.05, 3.63) is 35.9 Å². The molecule has 1 heterocycles. The van der Waals surface area contributed by atoms with Crippen molar-refractivity contribution >= 4 is 12.1 Å². The Morgan fingerprint density at radius 2 is 2.00 bits per heavy atom. The Kier molecular flexibility index (Phi) is 4.52. The van der Waals surface area contributed by atoms with Gasteiger partial charge in [-0.25, -0.2) is 4.79 Å². The molecule has 23 heavy (non-hydrogen) atoms. The van der Waals surface area contributed by atoms with Crippen molar-refractivity contribution in [2.75, 3.05) is 6.61 Å². The Labute approximate surface area is 134 Å². The van der Waals surface area contributed by atoms with Crippen LogP contribution in [0, 0.1) is 5.92 Å². The molecule has 1 saturated carbocycles. The van der Waals surface area contributed by atoms with Crippen molar-refractivity contribution in [3.63, 3.8) is 0 Å². The quantitative estimate of drug-likeness (QED) is 0.889. The number of benzene rings is 1. The molecule has 1 aromatic carbocycles. The molecule has 124 valence electrons. The smallest absolute Gasteiger partial charge is 0.407 e. The summed E-state index contributed by atoms with van der Waals surface area (Å²) in [5.74, 6) is -1.09. The van der Waals surface area contributed by atoms with E-state index in [0.717, 1.165) is 12.0 Å². The standard InChI is InChI=1S/C17H21NO5/c19-15(20)13-8-17(9-13)10-14(6-7-23-17)18-16(21)22-11-12-4-2-1-3-5-12/h1-5,13-14H,6-11H2,(H,18,21)(H,19,20). The maximum atomic E-state index is 11.9. The van der Waals surface area contributed by atoms with Crippen molar-refractivity contribution in [3.8, 4) is 0 Å². The van der Waals surface area contributed by atoms with Gasteiger partial charge in [0, 0.05) is 12.6 Å².